The van der Waals surface area contributed by atoms with E-state index >= 15 is 0 Å². The number of pyridine rings is 2. The molecule has 0 fully saturated rings. The lowest BCUT2D eigenvalue weighted by molar-refractivity contribution is -0.141. The minimum Gasteiger partial charge on any atom is -0.465 e. The molecule has 0 unspecified atom stereocenters. The summed E-state index contributed by atoms with van der Waals surface area (Å²) in [4.78, 5) is 46.9. The smallest absolute Gasteiger partial charge is 0.412 e. The van der Waals surface area contributed by atoms with Gasteiger partial charge in [-0.3, -0.25) is 24.2 Å². The first-order valence-corrected chi connectivity index (χ1v) is 10.9. The number of hydrogen-bond donors (Lipinski definition) is 1. The lowest BCUT2D eigenvalue weighted by Crippen LogP contribution is -2.36. The van der Waals surface area contributed by atoms with E-state index in [1.54, 1.807) is 54.2 Å². The molecule has 10 nitrogen and oxygen atoms in total. The number of hydrogen-bond acceptors (Lipinski definition) is 7. The number of nitrogens with one attached hydrogen (secondary N) is 1. The summed E-state index contributed by atoms with van der Waals surface area (Å²) in [5, 5.41) is 2.48. The summed E-state index contributed by atoms with van der Waals surface area (Å²) in [7, 11) is 1.25. The Hall–Kier alpha value is -4.80. The van der Waals surface area contributed by atoms with Gasteiger partial charge in [0.25, 0.3) is 5.91 Å². The zero-order valence-electron chi connectivity index (χ0n) is 19.5. The van der Waals surface area contributed by atoms with E-state index < -0.39 is 23.8 Å². The van der Waals surface area contributed by atoms with Crippen molar-refractivity contribution in [2.24, 2.45) is 0 Å². The van der Waals surface area contributed by atoms with Crippen LogP contribution in [-0.4, -0.2) is 52.6 Å². The monoisotopic (exact) mass is 491 g/mol. The standard InChI is InChI=1S/C25H22FN5O5/c1-3-36-23(32)15-30(19-8-6-18(26)7-9-19)24(33)17-5-11-22-28-13-20(31(22)14-17)16-4-10-21(27-12-16)29-25(34)35-2/h4-14H,3,15H2,1-2H3,(H,27,29,34). The van der Waals surface area contributed by atoms with E-state index in [4.69, 9.17) is 4.74 Å². The quantitative estimate of drug-likeness (QED) is 0.390. The van der Waals surface area contributed by atoms with Crippen molar-refractivity contribution in [1.29, 1.82) is 0 Å². The van der Waals surface area contributed by atoms with E-state index in [2.05, 4.69) is 20.0 Å². The maximum absolute atomic E-state index is 13.5. The zero-order chi connectivity index (χ0) is 25.7. The van der Waals surface area contributed by atoms with Crippen LogP contribution in [0.4, 0.5) is 20.7 Å². The third-order valence-electron chi connectivity index (χ3n) is 5.20. The molecule has 4 rings (SSSR count). The third kappa shape index (κ3) is 5.30. The Morgan fingerprint density at radius 1 is 1.03 bits per heavy atom. The summed E-state index contributed by atoms with van der Waals surface area (Å²) < 4.78 is 24.8. The SMILES string of the molecule is CCOC(=O)CN(C(=O)c1ccc2ncc(-c3ccc(NC(=O)OC)nc3)n2c1)c1ccc(F)cc1. The summed E-state index contributed by atoms with van der Waals surface area (Å²) >= 11 is 0. The lowest BCUT2D eigenvalue weighted by Gasteiger charge is -2.22. The van der Waals surface area contributed by atoms with Crippen molar-refractivity contribution in [1.82, 2.24) is 14.4 Å². The molecule has 4 aromatic rings. The predicted octanol–water partition coefficient (Wildman–Crippen LogP) is 3.92. The number of carbonyl (C=O) groups is 3. The molecule has 0 radical (unpaired) electrons. The van der Waals surface area contributed by atoms with Gasteiger partial charge in [0.05, 0.1) is 31.2 Å². The van der Waals surface area contributed by atoms with E-state index in [0.29, 0.717) is 28.4 Å². The van der Waals surface area contributed by atoms with Gasteiger partial charge in [0.1, 0.15) is 23.8 Å². The first-order chi connectivity index (χ1) is 17.4. The van der Waals surface area contributed by atoms with Crippen LogP contribution < -0.4 is 10.2 Å². The largest absolute Gasteiger partial charge is 0.465 e. The van der Waals surface area contributed by atoms with Crippen LogP contribution in [0.2, 0.25) is 0 Å². The molecule has 1 N–H and O–H groups in total. The van der Waals surface area contributed by atoms with Gasteiger partial charge in [-0.15, -0.1) is 0 Å². The van der Waals surface area contributed by atoms with Crippen molar-refractivity contribution in [3.8, 4) is 11.3 Å². The number of carbonyl (C=O) groups excluding carboxylic acids is 3. The van der Waals surface area contributed by atoms with Gasteiger partial charge in [0.2, 0.25) is 0 Å². The second-order valence-corrected chi connectivity index (χ2v) is 7.51. The number of amides is 2. The number of fused-ring (bicyclic) bond motifs is 1. The fraction of sp³-hybridized carbons (Fsp3) is 0.160. The van der Waals surface area contributed by atoms with Crippen molar-refractivity contribution in [2.75, 3.05) is 30.5 Å². The van der Waals surface area contributed by atoms with E-state index in [9.17, 15) is 18.8 Å². The Morgan fingerprint density at radius 2 is 1.81 bits per heavy atom. The second kappa shape index (κ2) is 10.6. The van der Waals surface area contributed by atoms with Crippen LogP contribution >= 0.6 is 0 Å². The number of esters is 1. The number of benzene rings is 1. The zero-order valence-corrected chi connectivity index (χ0v) is 19.5. The minimum absolute atomic E-state index is 0.163. The van der Waals surface area contributed by atoms with Crippen LogP contribution in [0.25, 0.3) is 16.9 Å². The van der Waals surface area contributed by atoms with Crippen LogP contribution in [-0.2, 0) is 14.3 Å². The number of aromatic nitrogens is 3. The van der Waals surface area contributed by atoms with E-state index in [1.165, 1.54) is 36.3 Å². The van der Waals surface area contributed by atoms with Crippen LogP contribution in [0, 0.1) is 5.82 Å². The molecule has 0 atom stereocenters. The molecule has 11 heteroatoms. The summed E-state index contributed by atoms with van der Waals surface area (Å²) in [6, 6.07) is 11.9. The molecule has 2 amide bonds. The molecule has 3 heterocycles. The number of ether oxygens (including phenoxy) is 2. The Morgan fingerprint density at radius 3 is 2.47 bits per heavy atom. The minimum atomic E-state index is -0.637. The van der Waals surface area contributed by atoms with Crippen LogP contribution in [0.5, 0.6) is 0 Å². The third-order valence-corrected chi connectivity index (χ3v) is 5.20. The molecular weight excluding hydrogens is 469 g/mol. The Kier molecular flexibility index (Phi) is 7.19. The predicted molar refractivity (Wildman–Crippen MR) is 129 cm³/mol. The van der Waals surface area contributed by atoms with Crippen molar-refractivity contribution in [2.45, 2.75) is 6.92 Å². The highest BCUT2D eigenvalue weighted by Gasteiger charge is 2.22. The van der Waals surface area contributed by atoms with Crippen molar-refractivity contribution >= 4 is 35.1 Å². The van der Waals surface area contributed by atoms with Gasteiger partial charge in [-0.05, 0) is 55.5 Å². The van der Waals surface area contributed by atoms with Gasteiger partial charge in [0, 0.05) is 23.6 Å². The number of nitrogens with zero attached hydrogens (tertiary/aromatic N) is 4. The highest BCUT2D eigenvalue weighted by molar-refractivity contribution is 6.08. The van der Waals surface area contributed by atoms with Gasteiger partial charge in [-0.2, -0.15) is 0 Å². The van der Waals surface area contributed by atoms with Crippen LogP contribution in [0.1, 0.15) is 17.3 Å². The molecule has 36 heavy (non-hydrogen) atoms. The first-order valence-electron chi connectivity index (χ1n) is 10.9. The molecular formula is C25H22FN5O5. The molecule has 3 aromatic heterocycles. The summed E-state index contributed by atoms with van der Waals surface area (Å²) in [6.07, 6.45) is 4.14. The van der Waals surface area contributed by atoms with E-state index in [1.807, 2.05) is 0 Å². The van der Waals surface area contributed by atoms with Gasteiger partial charge in [-0.25, -0.2) is 19.2 Å². The van der Waals surface area contributed by atoms with Gasteiger partial charge in [-0.1, -0.05) is 0 Å². The van der Waals surface area contributed by atoms with Crippen molar-refractivity contribution < 1.29 is 28.2 Å². The molecule has 0 saturated heterocycles. The highest BCUT2D eigenvalue weighted by Crippen LogP contribution is 2.24. The van der Waals surface area contributed by atoms with Gasteiger partial charge < -0.3 is 9.47 Å². The normalized spacial score (nSPS) is 10.6. The average molecular weight is 491 g/mol. The Labute approximate surface area is 205 Å². The van der Waals surface area contributed by atoms with E-state index in [0.717, 1.165) is 0 Å². The average Bonchev–Trinajstić information content (AvgIpc) is 3.31. The molecule has 0 saturated carbocycles. The van der Waals surface area contributed by atoms with Crippen molar-refractivity contribution in [3.63, 3.8) is 0 Å². The van der Waals surface area contributed by atoms with Gasteiger partial charge in [0.15, 0.2) is 0 Å². The molecule has 1 aromatic carbocycles. The van der Waals surface area contributed by atoms with Crippen molar-refractivity contribution in [3.05, 3.63) is 78.5 Å². The second-order valence-electron chi connectivity index (χ2n) is 7.51. The fourth-order valence-electron chi connectivity index (χ4n) is 3.49. The maximum atomic E-state index is 13.5. The molecule has 0 aliphatic rings. The molecule has 0 aliphatic carbocycles. The summed E-state index contributed by atoms with van der Waals surface area (Å²) in [6.45, 7) is 1.49. The first kappa shape index (κ1) is 24.3. The van der Waals surface area contributed by atoms with Crippen LogP contribution in [0.15, 0.2) is 67.1 Å². The van der Waals surface area contributed by atoms with Crippen LogP contribution in [0.3, 0.4) is 0 Å². The maximum Gasteiger partial charge on any atom is 0.412 e. The molecule has 184 valence electrons. The lowest BCUT2D eigenvalue weighted by atomic mass is 10.2. The highest BCUT2D eigenvalue weighted by atomic mass is 19.1. The number of rotatable bonds is 7. The molecule has 0 aliphatic heterocycles. The number of imidazole rings is 1. The number of methoxy groups -OCH3 is 1. The van der Waals surface area contributed by atoms with E-state index in [-0.39, 0.29) is 18.7 Å². The summed E-state index contributed by atoms with van der Waals surface area (Å²) in [5.41, 5.74) is 2.53. The Bertz CT molecular complexity index is 1400. The van der Waals surface area contributed by atoms with Gasteiger partial charge >= 0.3 is 12.1 Å². The number of halogens is 1. The fourth-order valence-corrected chi connectivity index (χ4v) is 3.49. The molecule has 0 bridgehead atoms. The number of anilines is 2. The molecule has 0 spiro atoms. The summed E-state index contributed by atoms with van der Waals surface area (Å²) in [5.74, 6) is -1.23. The topological polar surface area (TPSA) is 115 Å². The Balaban J connectivity index is 1.67.